The monoisotopic (exact) mass is 654 g/mol. The minimum absolute atomic E-state index is 0.429. The van der Waals surface area contributed by atoms with Gasteiger partial charge in [-0.05, 0) is 84.7 Å². The first-order chi connectivity index (χ1) is 24.4. The smallest absolute Gasteiger partial charge is 0.160 e. The molecule has 4 heterocycles. The Morgan fingerprint density at radius 2 is 0.980 bits per heavy atom. The molecule has 2 aliphatic heterocycles. The van der Waals surface area contributed by atoms with Crippen LogP contribution < -0.4 is 10.6 Å². The summed E-state index contributed by atoms with van der Waals surface area (Å²) < 4.78 is 3.39. The van der Waals surface area contributed by atoms with Gasteiger partial charge in [0.05, 0.1) is 33.2 Å². The van der Waals surface area contributed by atoms with E-state index in [-0.39, 0.29) is 0 Å². The van der Waals surface area contributed by atoms with Crippen LogP contribution in [0.1, 0.15) is 38.0 Å². The van der Waals surface area contributed by atoms with E-state index >= 15 is 0 Å². The number of benzene rings is 4. The number of hydrogen-bond donors (Lipinski definition) is 4. The highest BCUT2D eigenvalue weighted by Crippen LogP contribution is 2.40. The van der Waals surface area contributed by atoms with Crippen LogP contribution in [0.3, 0.4) is 0 Å². The Kier molecular flexibility index (Phi) is 7.38. The molecule has 0 fully saturated rings. The minimum Gasteiger partial charge on any atom is -0.369 e. The van der Waals surface area contributed by atoms with E-state index in [1.807, 2.05) is 111 Å². The first-order valence-corrected chi connectivity index (χ1v) is 16.0. The number of imidazole rings is 2. The molecule has 4 aromatic carbocycles. The van der Waals surface area contributed by atoms with Crippen molar-refractivity contribution >= 4 is 44.6 Å². The largest absolute Gasteiger partial charge is 0.369 e. The van der Waals surface area contributed by atoms with Gasteiger partial charge in [-0.15, -0.1) is 0 Å². The van der Waals surface area contributed by atoms with Crippen molar-refractivity contribution in [1.29, 1.82) is 10.5 Å². The predicted molar refractivity (Wildman–Crippen MR) is 194 cm³/mol. The molecule has 0 saturated carbocycles. The van der Waals surface area contributed by atoms with Gasteiger partial charge in [-0.25, -0.2) is 9.97 Å². The van der Waals surface area contributed by atoms with Crippen molar-refractivity contribution in [3.8, 4) is 23.3 Å². The van der Waals surface area contributed by atoms with E-state index in [4.69, 9.17) is 0 Å². The number of fused-ring (bicyclic) bond motifs is 6. The van der Waals surface area contributed by atoms with E-state index in [1.165, 1.54) is 0 Å². The SMILES string of the molecule is CC1=C(C#N)c2nc3ccccc3n2[C@H](O)/C1=C\Nc1ccc(-c2ccc(N/C=C3/C(C)=C(C#N)c4nc5ccccc5n4[C@H]3O)cc2)cc1. The van der Waals surface area contributed by atoms with Gasteiger partial charge in [0.25, 0.3) is 0 Å². The quantitative estimate of drug-likeness (QED) is 0.148. The van der Waals surface area contributed by atoms with Crippen LogP contribution in [0.4, 0.5) is 11.4 Å². The molecule has 0 unspecified atom stereocenters. The van der Waals surface area contributed by atoms with Crippen molar-refractivity contribution in [3.63, 3.8) is 0 Å². The average Bonchev–Trinajstić information content (AvgIpc) is 3.72. The number of aromatic nitrogens is 4. The lowest BCUT2D eigenvalue weighted by Crippen LogP contribution is -2.20. The van der Waals surface area contributed by atoms with Crippen molar-refractivity contribution in [2.75, 3.05) is 10.6 Å². The fourth-order valence-corrected chi connectivity index (χ4v) is 6.70. The second-order valence-electron chi connectivity index (χ2n) is 12.2. The van der Waals surface area contributed by atoms with Gasteiger partial charge in [-0.2, -0.15) is 10.5 Å². The number of anilines is 2. The first kappa shape index (κ1) is 30.6. The molecule has 10 nitrogen and oxygen atoms in total. The predicted octanol–water partition coefficient (Wildman–Crippen LogP) is 7.65. The number of aliphatic hydroxyl groups is 2. The Hall–Kier alpha value is -6.72. The molecule has 10 heteroatoms. The molecule has 0 bridgehead atoms. The maximum absolute atomic E-state index is 11.3. The van der Waals surface area contributed by atoms with E-state index in [1.54, 1.807) is 21.5 Å². The summed E-state index contributed by atoms with van der Waals surface area (Å²) in [7, 11) is 0. The van der Waals surface area contributed by atoms with E-state index in [0.717, 1.165) is 44.6 Å². The van der Waals surface area contributed by atoms with Gasteiger partial charge in [0.15, 0.2) is 24.1 Å². The maximum Gasteiger partial charge on any atom is 0.160 e. The van der Waals surface area contributed by atoms with Crippen LogP contribution in [0.5, 0.6) is 0 Å². The molecule has 0 aliphatic carbocycles. The lowest BCUT2D eigenvalue weighted by molar-refractivity contribution is 0.145. The molecule has 8 rings (SSSR count). The molecule has 0 saturated heterocycles. The highest BCUT2D eigenvalue weighted by atomic mass is 16.3. The third kappa shape index (κ3) is 4.87. The lowest BCUT2D eigenvalue weighted by Gasteiger charge is -2.26. The Morgan fingerprint density at radius 3 is 1.36 bits per heavy atom. The third-order valence-electron chi connectivity index (χ3n) is 9.42. The molecular weight excluding hydrogens is 624 g/mol. The zero-order valence-corrected chi connectivity index (χ0v) is 27.1. The fourth-order valence-electron chi connectivity index (χ4n) is 6.70. The van der Waals surface area contributed by atoms with Crippen molar-refractivity contribution in [3.05, 3.63) is 143 Å². The van der Waals surface area contributed by atoms with Crippen LogP contribution in [0, 0.1) is 22.7 Å². The molecule has 50 heavy (non-hydrogen) atoms. The highest BCUT2D eigenvalue weighted by Gasteiger charge is 2.32. The maximum atomic E-state index is 11.3. The Labute approximate surface area is 287 Å². The Bertz CT molecular complexity index is 2370. The van der Waals surface area contributed by atoms with E-state index in [0.29, 0.717) is 45.1 Å². The van der Waals surface area contributed by atoms with Crippen molar-refractivity contribution in [2.45, 2.75) is 26.3 Å². The molecule has 2 atom stereocenters. The molecule has 2 aliphatic rings. The van der Waals surface area contributed by atoms with E-state index < -0.39 is 12.5 Å². The molecule has 0 amide bonds. The van der Waals surface area contributed by atoms with Crippen LogP contribution in [0.2, 0.25) is 0 Å². The van der Waals surface area contributed by atoms with Gasteiger partial charge in [0, 0.05) is 34.9 Å². The van der Waals surface area contributed by atoms with Crippen molar-refractivity contribution < 1.29 is 10.2 Å². The Balaban J connectivity index is 0.990. The van der Waals surface area contributed by atoms with Gasteiger partial charge in [-0.3, -0.25) is 9.13 Å². The summed E-state index contributed by atoms with van der Waals surface area (Å²) in [6, 6.07) is 35.5. The number of hydrogen-bond acceptors (Lipinski definition) is 8. The van der Waals surface area contributed by atoms with Gasteiger partial charge < -0.3 is 20.8 Å². The molecule has 0 radical (unpaired) electrons. The number of aliphatic hydroxyl groups excluding tert-OH is 2. The summed E-state index contributed by atoms with van der Waals surface area (Å²) in [4.78, 5) is 9.21. The number of nitriles is 2. The van der Waals surface area contributed by atoms with Crippen molar-refractivity contribution in [2.24, 2.45) is 0 Å². The number of para-hydroxylation sites is 4. The topological polar surface area (TPSA) is 148 Å². The third-order valence-corrected chi connectivity index (χ3v) is 9.42. The number of allylic oxidation sites excluding steroid dienone is 2. The van der Waals surface area contributed by atoms with Gasteiger partial charge in [-0.1, -0.05) is 48.5 Å². The summed E-state index contributed by atoms with van der Waals surface area (Å²) in [5, 5.41) is 49.2. The van der Waals surface area contributed by atoms with Gasteiger partial charge in [0.2, 0.25) is 0 Å². The zero-order chi connectivity index (χ0) is 34.5. The van der Waals surface area contributed by atoms with Crippen LogP contribution in [0.15, 0.2) is 132 Å². The lowest BCUT2D eigenvalue weighted by atomic mass is 9.97. The summed E-state index contributed by atoms with van der Waals surface area (Å²) in [5.41, 5.74) is 10.0. The standard InChI is InChI=1S/C40H30N8O2/c1-23-29(19-41)37-45-33-7-3-5-9-35(33)47(37)39(49)31(23)21-43-27-15-11-25(12-16-27)26-13-17-28(18-14-26)44-22-32-24(2)30(20-42)38-46-34-8-4-6-10-36(34)48(38)40(32)50/h3-18,21-22,39-40,43-44,49-50H,1-2H3/b31-21-,32-22-/t39-,40+. The molecule has 242 valence electrons. The molecule has 0 spiro atoms. The number of rotatable bonds is 5. The normalized spacial score (nSPS) is 18.7. The summed E-state index contributed by atoms with van der Waals surface area (Å²) in [6.07, 6.45) is 1.49. The summed E-state index contributed by atoms with van der Waals surface area (Å²) in [6.45, 7) is 3.65. The Morgan fingerprint density at radius 1 is 0.600 bits per heavy atom. The molecule has 4 N–H and O–H groups in total. The van der Waals surface area contributed by atoms with Gasteiger partial charge >= 0.3 is 0 Å². The zero-order valence-electron chi connectivity index (χ0n) is 27.1. The first-order valence-electron chi connectivity index (χ1n) is 16.0. The summed E-state index contributed by atoms with van der Waals surface area (Å²) >= 11 is 0. The second kappa shape index (κ2) is 12.1. The summed E-state index contributed by atoms with van der Waals surface area (Å²) in [5.74, 6) is 0.929. The minimum atomic E-state index is -0.998. The number of nitrogens with zero attached hydrogens (tertiary/aromatic N) is 6. The number of nitrogens with one attached hydrogen (secondary N) is 2. The second-order valence-corrected chi connectivity index (χ2v) is 12.2. The van der Waals surface area contributed by atoms with Crippen molar-refractivity contribution in [1.82, 2.24) is 19.1 Å². The van der Waals surface area contributed by atoms with Crippen LogP contribution in [-0.4, -0.2) is 29.3 Å². The van der Waals surface area contributed by atoms with Gasteiger partial charge in [0.1, 0.15) is 12.1 Å². The van der Waals surface area contributed by atoms with Crippen LogP contribution in [-0.2, 0) is 0 Å². The van der Waals surface area contributed by atoms with E-state index in [2.05, 4.69) is 32.7 Å². The van der Waals surface area contributed by atoms with Crippen LogP contribution >= 0.6 is 0 Å². The highest BCUT2D eigenvalue weighted by molar-refractivity contribution is 5.89. The molecule has 6 aromatic rings. The molecular formula is C40H30N8O2. The van der Waals surface area contributed by atoms with Crippen LogP contribution in [0.25, 0.3) is 44.3 Å². The molecule has 2 aromatic heterocycles. The average molecular weight is 655 g/mol. The fraction of sp³-hybridized carbons (Fsp3) is 0.100. The van der Waals surface area contributed by atoms with E-state index in [9.17, 15) is 20.7 Å².